The molecule has 0 amide bonds. The Balaban J connectivity index is 1.53. The predicted octanol–water partition coefficient (Wildman–Crippen LogP) is 1.38. The van der Waals surface area contributed by atoms with Crippen LogP contribution in [0.3, 0.4) is 0 Å². The molecule has 3 rings (SSSR count). The van der Waals surface area contributed by atoms with Gasteiger partial charge in [0.1, 0.15) is 0 Å². The third kappa shape index (κ3) is 3.25. The van der Waals surface area contributed by atoms with Gasteiger partial charge in [-0.25, -0.2) is 0 Å². The van der Waals surface area contributed by atoms with Gasteiger partial charge in [0.05, 0.1) is 11.9 Å². The van der Waals surface area contributed by atoms with Crippen molar-refractivity contribution < 1.29 is 0 Å². The van der Waals surface area contributed by atoms with E-state index in [9.17, 15) is 0 Å². The van der Waals surface area contributed by atoms with Crippen LogP contribution in [0.15, 0.2) is 18.3 Å². The Morgan fingerprint density at radius 1 is 1.21 bits per heavy atom. The summed E-state index contributed by atoms with van der Waals surface area (Å²) in [6, 6.07) is 4.81. The molecule has 4 heteroatoms. The van der Waals surface area contributed by atoms with Gasteiger partial charge in [-0.2, -0.15) is 0 Å². The number of aromatic nitrogens is 1. The summed E-state index contributed by atoms with van der Waals surface area (Å²) in [5.74, 6) is 0. The van der Waals surface area contributed by atoms with Gasteiger partial charge in [0, 0.05) is 31.2 Å². The van der Waals surface area contributed by atoms with Crippen molar-refractivity contribution >= 4 is 5.69 Å². The lowest BCUT2D eigenvalue weighted by molar-refractivity contribution is 0.221. The summed E-state index contributed by atoms with van der Waals surface area (Å²) < 4.78 is 0. The van der Waals surface area contributed by atoms with Gasteiger partial charge in [0.2, 0.25) is 0 Å². The summed E-state index contributed by atoms with van der Waals surface area (Å²) in [4.78, 5) is 9.69. The zero-order valence-corrected chi connectivity index (χ0v) is 11.6. The molecule has 1 aromatic heterocycles. The van der Waals surface area contributed by atoms with E-state index in [1.807, 2.05) is 6.07 Å². The smallest absolute Gasteiger partial charge is 0.0501 e. The molecule has 3 heterocycles. The minimum Gasteiger partial charge on any atom is -0.397 e. The molecule has 1 unspecified atom stereocenters. The second-order valence-electron chi connectivity index (χ2n) is 5.82. The maximum absolute atomic E-state index is 5.67. The van der Waals surface area contributed by atoms with Crippen LogP contribution in [0.4, 0.5) is 5.69 Å². The SMILES string of the molecule is Nc1ccc(CCN2CCCN3CCCC3C2)nc1. The lowest BCUT2D eigenvalue weighted by atomic mass is 10.2. The van der Waals surface area contributed by atoms with E-state index in [4.69, 9.17) is 5.73 Å². The zero-order valence-electron chi connectivity index (χ0n) is 11.6. The van der Waals surface area contributed by atoms with Crippen molar-refractivity contribution in [3.63, 3.8) is 0 Å². The van der Waals surface area contributed by atoms with E-state index in [1.54, 1.807) is 6.20 Å². The molecule has 104 valence electrons. The topological polar surface area (TPSA) is 45.4 Å². The highest BCUT2D eigenvalue weighted by atomic mass is 15.3. The first-order chi connectivity index (χ1) is 9.31. The predicted molar refractivity (Wildman–Crippen MR) is 78.0 cm³/mol. The van der Waals surface area contributed by atoms with Crippen LogP contribution in [0.1, 0.15) is 25.0 Å². The van der Waals surface area contributed by atoms with E-state index in [1.165, 1.54) is 45.4 Å². The summed E-state index contributed by atoms with van der Waals surface area (Å²) in [7, 11) is 0. The average molecular weight is 260 g/mol. The highest BCUT2D eigenvalue weighted by Gasteiger charge is 2.28. The monoisotopic (exact) mass is 260 g/mol. The van der Waals surface area contributed by atoms with Gasteiger partial charge in [-0.05, 0) is 51.0 Å². The Hall–Kier alpha value is -1.13. The number of hydrogen-bond donors (Lipinski definition) is 1. The molecule has 2 fully saturated rings. The second-order valence-corrected chi connectivity index (χ2v) is 5.82. The van der Waals surface area contributed by atoms with Gasteiger partial charge >= 0.3 is 0 Å². The summed E-state index contributed by atoms with van der Waals surface area (Å²) in [6.45, 7) is 6.22. The number of anilines is 1. The number of pyridine rings is 1. The molecule has 2 aliphatic rings. The van der Waals surface area contributed by atoms with Gasteiger partial charge in [0.15, 0.2) is 0 Å². The largest absolute Gasteiger partial charge is 0.397 e. The molecule has 4 nitrogen and oxygen atoms in total. The van der Waals surface area contributed by atoms with Crippen LogP contribution >= 0.6 is 0 Å². The third-order valence-corrected chi connectivity index (χ3v) is 4.42. The van der Waals surface area contributed by atoms with Crippen LogP contribution in [0.25, 0.3) is 0 Å². The molecule has 19 heavy (non-hydrogen) atoms. The molecule has 0 spiro atoms. The number of nitrogens with two attached hydrogens (primary N) is 1. The van der Waals surface area contributed by atoms with E-state index < -0.39 is 0 Å². The molecule has 0 aromatic carbocycles. The molecule has 2 aliphatic heterocycles. The number of nitrogens with zero attached hydrogens (tertiary/aromatic N) is 3. The van der Waals surface area contributed by atoms with Gasteiger partial charge in [-0.3, -0.25) is 9.88 Å². The number of rotatable bonds is 3. The lowest BCUT2D eigenvalue weighted by Crippen LogP contribution is -2.37. The fourth-order valence-electron chi connectivity index (χ4n) is 3.34. The number of nitrogen functional groups attached to an aromatic ring is 1. The first-order valence-corrected chi connectivity index (χ1v) is 7.48. The molecular weight excluding hydrogens is 236 g/mol. The van der Waals surface area contributed by atoms with E-state index >= 15 is 0 Å². The van der Waals surface area contributed by atoms with E-state index in [0.717, 1.165) is 30.4 Å². The standard InChI is InChI=1S/C15H24N4/c16-13-4-5-14(17-11-13)6-10-18-7-2-9-19-8-1-3-15(19)12-18/h4-5,11,15H,1-3,6-10,12,16H2. The van der Waals surface area contributed by atoms with Crippen molar-refractivity contribution in [2.24, 2.45) is 0 Å². The fourth-order valence-corrected chi connectivity index (χ4v) is 3.34. The van der Waals surface area contributed by atoms with Crippen LogP contribution < -0.4 is 5.73 Å². The average Bonchev–Trinajstić information content (AvgIpc) is 2.76. The summed E-state index contributed by atoms with van der Waals surface area (Å²) >= 11 is 0. The molecule has 2 N–H and O–H groups in total. The fraction of sp³-hybridized carbons (Fsp3) is 0.667. The Kier molecular flexibility index (Phi) is 3.99. The van der Waals surface area contributed by atoms with Crippen molar-refractivity contribution in [2.45, 2.75) is 31.7 Å². The summed E-state index contributed by atoms with van der Waals surface area (Å²) in [5, 5.41) is 0. The molecule has 0 aliphatic carbocycles. The van der Waals surface area contributed by atoms with Gasteiger partial charge in [-0.15, -0.1) is 0 Å². The highest BCUT2D eigenvalue weighted by molar-refractivity contribution is 5.34. The van der Waals surface area contributed by atoms with Gasteiger partial charge in [0.25, 0.3) is 0 Å². The Morgan fingerprint density at radius 2 is 2.11 bits per heavy atom. The first-order valence-electron chi connectivity index (χ1n) is 7.48. The molecule has 1 atom stereocenters. The minimum absolute atomic E-state index is 0.750. The van der Waals surface area contributed by atoms with E-state index in [2.05, 4.69) is 20.9 Å². The third-order valence-electron chi connectivity index (χ3n) is 4.42. The lowest BCUT2D eigenvalue weighted by Gasteiger charge is -2.25. The van der Waals surface area contributed by atoms with Crippen LogP contribution in [-0.2, 0) is 6.42 Å². The highest BCUT2D eigenvalue weighted by Crippen LogP contribution is 2.21. The van der Waals surface area contributed by atoms with Crippen LogP contribution in [0.5, 0.6) is 0 Å². The van der Waals surface area contributed by atoms with Crippen LogP contribution in [-0.4, -0.2) is 53.5 Å². The number of fused-ring (bicyclic) bond motifs is 1. The summed E-state index contributed by atoms with van der Waals surface area (Å²) in [5.41, 5.74) is 7.57. The van der Waals surface area contributed by atoms with Crippen LogP contribution in [0.2, 0.25) is 0 Å². The molecule has 0 saturated carbocycles. The Morgan fingerprint density at radius 3 is 2.95 bits per heavy atom. The first kappa shape index (κ1) is 12.9. The van der Waals surface area contributed by atoms with E-state index in [0.29, 0.717) is 0 Å². The molecule has 2 saturated heterocycles. The Bertz CT molecular complexity index is 403. The normalized spacial score (nSPS) is 25.2. The van der Waals surface area contributed by atoms with Gasteiger partial charge < -0.3 is 10.6 Å². The quantitative estimate of drug-likeness (QED) is 0.892. The molecule has 0 radical (unpaired) electrons. The van der Waals surface area contributed by atoms with E-state index in [-0.39, 0.29) is 0 Å². The van der Waals surface area contributed by atoms with Crippen molar-refractivity contribution in [1.82, 2.24) is 14.8 Å². The zero-order chi connectivity index (χ0) is 13.1. The molecule has 1 aromatic rings. The van der Waals surface area contributed by atoms with Crippen LogP contribution in [0, 0.1) is 0 Å². The maximum Gasteiger partial charge on any atom is 0.0501 e. The summed E-state index contributed by atoms with van der Waals surface area (Å²) in [6.07, 6.45) is 6.88. The Labute approximate surface area is 115 Å². The maximum atomic E-state index is 5.67. The minimum atomic E-state index is 0.750. The van der Waals surface area contributed by atoms with Crippen molar-refractivity contribution in [1.29, 1.82) is 0 Å². The second kappa shape index (κ2) is 5.88. The van der Waals surface area contributed by atoms with Crippen molar-refractivity contribution in [2.75, 3.05) is 38.5 Å². The van der Waals surface area contributed by atoms with Gasteiger partial charge in [-0.1, -0.05) is 0 Å². The molecular formula is C15H24N4. The molecule has 0 bridgehead atoms. The van der Waals surface area contributed by atoms with Crippen molar-refractivity contribution in [3.05, 3.63) is 24.0 Å². The van der Waals surface area contributed by atoms with Crippen molar-refractivity contribution in [3.8, 4) is 0 Å². The number of hydrogen-bond acceptors (Lipinski definition) is 4.